The van der Waals surface area contributed by atoms with Crippen molar-refractivity contribution in [2.75, 3.05) is 12.0 Å². The van der Waals surface area contributed by atoms with Gasteiger partial charge in [0.15, 0.2) is 0 Å². The molecule has 2 N–H and O–H groups in total. The lowest BCUT2D eigenvalue weighted by molar-refractivity contribution is 0.0505. The summed E-state index contributed by atoms with van der Waals surface area (Å²) < 4.78 is 5.30. The molecule has 1 aliphatic rings. The van der Waals surface area contributed by atoms with Crippen LogP contribution in [0.15, 0.2) is 0 Å². The number of nitrogens with one attached hydrogen (secondary N) is 2. The van der Waals surface area contributed by atoms with Crippen LogP contribution in [0.1, 0.15) is 53.4 Å². The summed E-state index contributed by atoms with van der Waals surface area (Å²) >= 11 is 1.88. The molecule has 1 aliphatic carbocycles. The fourth-order valence-electron chi connectivity index (χ4n) is 2.56. The Morgan fingerprint density at radius 2 is 2.00 bits per heavy atom. The van der Waals surface area contributed by atoms with Gasteiger partial charge in [-0.25, -0.2) is 4.79 Å². The van der Waals surface area contributed by atoms with Crippen LogP contribution in [0.3, 0.4) is 0 Å². The van der Waals surface area contributed by atoms with Crippen LogP contribution < -0.4 is 10.6 Å². The van der Waals surface area contributed by atoms with Crippen molar-refractivity contribution in [3.8, 4) is 0 Å². The minimum absolute atomic E-state index is 0.245. The van der Waals surface area contributed by atoms with Gasteiger partial charge in [-0.1, -0.05) is 6.92 Å². The van der Waals surface area contributed by atoms with Gasteiger partial charge in [-0.2, -0.15) is 11.8 Å². The van der Waals surface area contributed by atoms with E-state index in [1.165, 1.54) is 0 Å². The number of alkyl carbamates (subject to hydrolysis) is 1. The highest BCUT2D eigenvalue weighted by molar-refractivity contribution is 7.98. The molecule has 0 aromatic heterocycles. The molecule has 5 heteroatoms. The van der Waals surface area contributed by atoms with E-state index in [0.717, 1.165) is 31.4 Å². The standard InChI is InChI=1S/C15H30N2O2S/c1-6-11(10-20-5)16-12-7-8-13(9-12)17-14(18)19-15(2,3)4/h11-13,16H,6-10H2,1-5H3,(H,17,18). The van der Waals surface area contributed by atoms with Crippen molar-refractivity contribution in [1.29, 1.82) is 0 Å². The first-order chi connectivity index (χ1) is 9.34. The smallest absolute Gasteiger partial charge is 0.407 e. The minimum atomic E-state index is -0.425. The Morgan fingerprint density at radius 3 is 2.55 bits per heavy atom. The third-order valence-electron chi connectivity index (χ3n) is 3.49. The van der Waals surface area contributed by atoms with E-state index in [9.17, 15) is 4.79 Å². The van der Waals surface area contributed by atoms with Crippen LogP contribution in [0, 0.1) is 0 Å². The van der Waals surface area contributed by atoms with Crippen LogP contribution >= 0.6 is 11.8 Å². The van der Waals surface area contributed by atoms with Crippen LogP contribution in [0.25, 0.3) is 0 Å². The number of thioether (sulfide) groups is 1. The molecule has 3 atom stereocenters. The van der Waals surface area contributed by atoms with E-state index in [2.05, 4.69) is 23.8 Å². The van der Waals surface area contributed by atoms with Crippen molar-refractivity contribution in [2.24, 2.45) is 0 Å². The number of carbonyl (C=O) groups is 1. The molecule has 0 radical (unpaired) electrons. The normalized spacial score (nSPS) is 24.4. The summed E-state index contributed by atoms with van der Waals surface area (Å²) in [4.78, 5) is 11.7. The summed E-state index contributed by atoms with van der Waals surface area (Å²) in [5.74, 6) is 1.15. The summed E-state index contributed by atoms with van der Waals surface area (Å²) in [6.07, 6.45) is 6.18. The van der Waals surface area contributed by atoms with Gasteiger partial charge in [0.2, 0.25) is 0 Å². The zero-order valence-corrected chi connectivity index (χ0v) is 14.3. The van der Waals surface area contributed by atoms with Gasteiger partial charge in [0.05, 0.1) is 0 Å². The van der Waals surface area contributed by atoms with Crippen LogP contribution in [0.2, 0.25) is 0 Å². The Bertz CT molecular complexity index is 305. The Morgan fingerprint density at radius 1 is 1.35 bits per heavy atom. The summed E-state index contributed by atoms with van der Waals surface area (Å²) in [6, 6.07) is 1.34. The second-order valence-electron chi connectivity index (χ2n) is 6.58. The van der Waals surface area contributed by atoms with E-state index in [0.29, 0.717) is 12.1 Å². The molecular formula is C15H30N2O2S. The molecule has 0 aromatic rings. The van der Waals surface area contributed by atoms with Gasteiger partial charge < -0.3 is 15.4 Å². The Balaban J connectivity index is 2.31. The lowest BCUT2D eigenvalue weighted by Crippen LogP contribution is -2.41. The second-order valence-corrected chi connectivity index (χ2v) is 7.49. The van der Waals surface area contributed by atoms with Crippen LogP contribution in [0.5, 0.6) is 0 Å². The van der Waals surface area contributed by atoms with Crippen LogP contribution in [-0.4, -0.2) is 41.8 Å². The average Bonchev–Trinajstić information content (AvgIpc) is 2.73. The molecule has 3 unspecified atom stereocenters. The summed E-state index contributed by atoms with van der Waals surface area (Å²) in [5.41, 5.74) is -0.425. The van der Waals surface area contributed by atoms with E-state index in [-0.39, 0.29) is 12.1 Å². The van der Waals surface area contributed by atoms with Crippen molar-refractivity contribution in [3.63, 3.8) is 0 Å². The van der Waals surface area contributed by atoms with E-state index in [1.54, 1.807) is 0 Å². The maximum atomic E-state index is 11.7. The average molecular weight is 302 g/mol. The predicted octanol–water partition coefficient (Wildman–Crippen LogP) is 3.16. The van der Waals surface area contributed by atoms with Crippen molar-refractivity contribution < 1.29 is 9.53 Å². The lowest BCUT2D eigenvalue weighted by Gasteiger charge is -2.23. The maximum Gasteiger partial charge on any atom is 0.407 e. The number of hydrogen-bond acceptors (Lipinski definition) is 4. The first-order valence-corrected chi connectivity index (χ1v) is 8.98. The molecule has 20 heavy (non-hydrogen) atoms. The number of carbonyl (C=O) groups excluding carboxylic acids is 1. The second kappa shape index (κ2) is 8.13. The molecule has 1 fully saturated rings. The Hall–Kier alpha value is -0.420. The SMILES string of the molecule is CCC(CSC)NC1CCC(NC(=O)OC(C)(C)C)C1. The monoisotopic (exact) mass is 302 g/mol. The topological polar surface area (TPSA) is 50.4 Å². The summed E-state index contributed by atoms with van der Waals surface area (Å²) in [6.45, 7) is 7.89. The number of ether oxygens (including phenoxy) is 1. The first kappa shape index (κ1) is 17.6. The molecule has 4 nitrogen and oxygen atoms in total. The van der Waals surface area contributed by atoms with Gasteiger partial charge in [0.25, 0.3) is 0 Å². The molecule has 1 amide bonds. The molecule has 0 bridgehead atoms. The van der Waals surface area contributed by atoms with Gasteiger partial charge in [-0.15, -0.1) is 0 Å². The van der Waals surface area contributed by atoms with Crippen molar-refractivity contribution in [3.05, 3.63) is 0 Å². The van der Waals surface area contributed by atoms with Gasteiger partial charge in [0, 0.05) is 23.9 Å². The minimum Gasteiger partial charge on any atom is -0.444 e. The van der Waals surface area contributed by atoms with Gasteiger partial charge in [-0.3, -0.25) is 0 Å². The molecule has 0 saturated heterocycles. The van der Waals surface area contributed by atoms with Gasteiger partial charge >= 0.3 is 6.09 Å². The molecule has 0 heterocycles. The van der Waals surface area contributed by atoms with Crippen molar-refractivity contribution in [2.45, 2.75) is 77.1 Å². The summed E-state index contributed by atoms with van der Waals surface area (Å²) in [5, 5.41) is 6.69. The molecule has 0 aliphatic heterocycles. The van der Waals surface area contributed by atoms with Gasteiger partial charge in [-0.05, 0) is 52.7 Å². The maximum absolute atomic E-state index is 11.7. The quantitative estimate of drug-likeness (QED) is 0.791. The fourth-order valence-corrected chi connectivity index (χ4v) is 3.29. The third-order valence-corrected chi connectivity index (χ3v) is 4.22. The highest BCUT2D eigenvalue weighted by Crippen LogP contribution is 2.21. The zero-order chi connectivity index (χ0) is 15.2. The molecule has 0 aromatic carbocycles. The molecule has 1 rings (SSSR count). The van der Waals surface area contributed by atoms with Crippen LogP contribution in [-0.2, 0) is 4.74 Å². The number of rotatable bonds is 6. The Kier molecular flexibility index (Phi) is 7.17. The highest BCUT2D eigenvalue weighted by atomic mass is 32.2. The van der Waals surface area contributed by atoms with Crippen molar-refractivity contribution >= 4 is 17.9 Å². The van der Waals surface area contributed by atoms with E-state index in [1.807, 2.05) is 32.5 Å². The van der Waals surface area contributed by atoms with Crippen molar-refractivity contribution in [1.82, 2.24) is 10.6 Å². The molecule has 1 saturated carbocycles. The Labute approximate surface area is 127 Å². The fraction of sp³-hybridized carbons (Fsp3) is 0.933. The highest BCUT2D eigenvalue weighted by Gasteiger charge is 2.28. The summed E-state index contributed by atoms with van der Waals surface area (Å²) in [7, 11) is 0. The molecule has 118 valence electrons. The molecule has 0 spiro atoms. The number of amides is 1. The number of hydrogen-bond donors (Lipinski definition) is 2. The van der Waals surface area contributed by atoms with E-state index < -0.39 is 5.60 Å². The third kappa shape index (κ3) is 6.84. The lowest BCUT2D eigenvalue weighted by atomic mass is 10.2. The van der Waals surface area contributed by atoms with Crippen LogP contribution in [0.4, 0.5) is 4.79 Å². The van der Waals surface area contributed by atoms with E-state index in [4.69, 9.17) is 4.74 Å². The largest absolute Gasteiger partial charge is 0.444 e. The first-order valence-electron chi connectivity index (χ1n) is 7.58. The predicted molar refractivity (Wildman–Crippen MR) is 86.4 cm³/mol. The van der Waals surface area contributed by atoms with E-state index >= 15 is 0 Å². The molecular weight excluding hydrogens is 272 g/mol. The zero-order valence-electron chi connectivity index (χ0n) is 13.5. The van der Waals surface area contributed by atoms with Gasteiger partial charge in [0.1, 0.15) is 5.60 Å².